The van der Waals surface area contributed by atoms with E-state index in [0.717, 1.165) is 43.2 Å². The SMILES string of the molecule is CN1CCN(c2ncccc2CNC(=O)CCC(=O)N2CCOc3ccccc32)CC1. The Bertz CT molecular complexity index is 927. The third-order valence-electron chi connectivity index (χ3n) is 5.74. The first-order chi connectivity index (χ1) is 15.1. The van der Waals surface area contributed by atoms with Crippen molar-refractivity contribution in [2.45, 2.75) is 19.4 Å². The number of hydrogen-bond acceptors (Lipinski definition) is 6. The number of amides is 2. The van der Waals surface area contributed by atoms with Gasteiger partial charge in [-0.1, -0.05) is 18.2 Å². The largest absolute Gasteiger partial charge is 0.490 e. The monoisotopic (exact) mass is 423 g/mol. The number of fused-ring (bicyclic) bond motifs is 1. The highest BCUT2D eigenvalue weighted by Gasteiger charge is 2.24. The molecule has 2 amide bonds. The zero-order chi connectivity index (χ0) is 21.6. The number of carbonyl (C=O) groups excluding carboxylic acids is 2. The van der Waals surface area contributed by atoms with Gasteiger partial charge in [-0.3, -0.25) is 9.59 Å². The van der Waals surface area contributed by atoms with Gasteiger partial charge in [-0.15, -0.1) is 0 Å². The molecule has 0 atom stereocenters. The second kappa shape index (κ2) is 9.78. The number of ether oxygens (including phenoxy) is 1. The molecule has 1 N–H and O–H groups in total. The highest BCUT2D eigenvalue weighted by atomic mass is 16.5. The summed E-state index contributed by atoms with van der Waals surface area (Å²) in [7, 11) is 2.12. The van der Waals surface area contributed by atoms with Crippen molar-refractivity contribution < 1.29 is 14.3 Å². The fourth-order valence-corrected chi connectivity index (χ4v) is 3.94. The molecule has 2 aliphatic rings. The summed E-state index contributed by atoms with van der Waals surface area (Å²) >= 11 is 0. The molecule has 1 aromatic heterocycles. The maximum absolute atomic E-state index is 12.7. The number of nitrogens with zero attached hydrogens (tertiary/aromatic N) is 4. The lowest BCUT2D eigenvalue weighted by Gasteiger charge is -2.34. The van der Waals surface area contributed by atoms with Gasteiger partial charge in [0.1, 0.15) is 18.2 Å². The summed E-state index contributed by atoms with van der Waals surface area (Å²) in [6.07, 6.45) is 2.11. The number of anilines is 2. The molecule has 1 fully saturated rings. The van der Waals surface area contributed by atoms with Crippen molar-refractivity contribution in [1.82, 2.24) is 15.2 Å². The van der Waals surface area contributed by atoms with Crippen molar-refractivity contribution in [2.75, 3.05) is 56.2 Å². The molecule has 2 aromatic rings. The van der Waals surface area contributed by atoms with Crippen molar-refractivity contribution in [2.24, 2.45) is 0 Å². The first-order valence-corrected chi connectivity index (χ1v) is 10.8. The van der Waals surface area contributed by atoms with E-state index >= 15 is 0 Å². The minimum absolute atomic E-state index is 0.0644. The van der Waals surface area contributed by atoms with E-state index in [4.69, 9.17) is 4.74 Å². The standard InChI is InChI=1S/C23H29N5O3/c1-26-11-13-27(14-12-26)23-18(5-4-10-24-23)17-25-21(29)8-9-22(30)28-15-16-31-20-7-3-2-6-19(20)28/h2-7,10H,8-9,11-17H2,1H3,(H,25,29). The third kappa shape index (κ3) is 5.14. The minimum Gasteiger partial charge on any atom is -0.490 e. The number of benzene rings is 1. The van der Waals surface area contributed by atoms with Gasteiger partial charge in [0.15, 0.2) is 0 Å². The molecule has 4 rings (SSSR count). The number of piperazine rings is 1. The number of para-hydroxylation sites is 2. The topological polar surface area (TPSA) is 78.0 Å². The van der Waals surface area contributed by atoms with Crippen LogP contribution in [0.1, 0.15) is 18.4 Å². The average molecular weight is 424 g/mol. The van der Waals surface area contributed by atoms with Gasteiger partial charge in [-0.25, -0.2) is 4.98 Å². The van der Waals surface area contributed by atoms with Crippen LogP contribution in [0, 0.1) is 0 Å². The summed E-state index contributed by atoms with van der Waals surface area (Å²) in [4.78, 5) is 35.9. The number of hydrogen-bond donors (Lipinski definition) is 1. The molecule has 0 unspecified atom stereocenters. The van der Waals surface area contributed by atoms with E-state index in [-0.39, 0.29) is 24.7 Å². The van der Waals surface area contributed by atoms with Crippen LogP contribution in [0.15, 0.2) is 42.6 Å². The number of pyridine rings is 1. The molecule has 0 saturated carbocycles. The van der Waals surface area contributed by atoms with E-state index in [1.54, 1.807) is 11.1 Å². The normalized spacial score (nSPS) is 16.4. The van der Waals surface area contributed by atoms with Crippen LogP contribution in [0.4, 0.5) is 11.5 Å². The molecule has 164 valence electrons. The maximum Gasteiger partial charge on any atom is 0.227 e. The van der Waals surface area contributed by atoms with Crippen LogP contribution in [0.5, 0.6) is 5.75 Å². The molecule has 2 aliphatic heterocycles. The Balaban J connectivity index is 1.29. The molecule has 31 heavy (non-hydrogen) atoms. The molecule has 0 spiro atoms. The number of carbonyl (C=O) groups is 2. The Kier molecular flexibility index (Phi) is 6.66. The molecular weight excluding hydrogens is 394 g/mol. The lowest BCUT2D eigenvalue weighted by atomic mass is 10.2. The van der Waals surface area contributed by atoms with Crippen LogP contribution < -0.4 is 19.9 Å². The Morgan fingerprint density at radius 3 is 2.68 bits per heavy atom. The van der Waals surface area contributed by atoms with Crippen LogP contribution in [-0.4, -0.2) is 68.1 Å². The smallest absolute Gasteiger partial charge is 0.227 e. The van der Waals surface area contributed by atoms with E-state index in [2.05, 4.69) is 27.1 Å². The van der Waals surface area contributed by atoms with Crippen LogP contribution in [-0.2, 0) is 16.1 Å². The average Bonchev–Trinajstić information content (AvgIpc) is 2.81. The first-order valence-electron chi connectivity index (χ1n) is 10.8. The summed E-state index contributed by atoms with van der Waals surface area (Å²) < 4.78 is 5.60. The minimum atomic E-state index is -0.136. The fourth-order valence-electron chi connectivity index (χ4n) is 3.94. The Morgan fingerprint density at radius 1 is 1.03 bits per heavy atom. The Morgan fingerprint density at radius 2 is 1.84 bits per heavy atom. The molecule has 0 radical (unpaired) electrons. The van der Waals surface area contributed by atoms with Crippen LogP contribution in [0.25, 0.3) is 0 Å². The summed E-state index contributed by atoms with van der Waals surface area (Å²) in [5.74, 6) is 1.44. The zero-order valence-electron chi connectivity index (χ0n) is 17.9. The van der Waals surface area contributed by atoms with E-state index in [1.807, 2.05) is 36.4 Å². The summed E-state index contributed by atoms with van der Waals surface area (Å²) in [6, 6.07) is 11.4. The predicted molar refractivity (Wildman–Crippen MR) is 119 cm³/mol. The predicted octanol–water partition coefficient (Wildman–Crippen LogP) is 1.66. The maximum atomic E-state index is 12.7. The summed E-state index contributed by atoms with van der Waals surface area (Å²) in [5.41, 5.74) is 1.76. The highest BCUT2D eigenvalue weighted by molar-refractivity contribution is 5.97. The van der Waals surface area contributed by atoms with Crippen LogP contribution in [0.2, 0.25) is 0 Å². The lowest BCUT2D eigenvalue weighted by molar-refractivity contribution is -0.125. The number of nitrogens with one attached hydrogen (secondary N) is 1. The second-order valence-electron chi connectivity index (χ2n) is 7.91. The van der Waals surface area contributed by atoms with Gasteiger partial charge in [0, 0.05) is 57.3 Å². The van der Waals surface area contributed by atoms with E-state index in [9.17, 15) is 9.59 Å². The zero-order valence-corrected chi connectivity index (χ0v) is 17.9. The third-order valence-corrected chi connectivity index (χ3v) is 5.74. The van der Waals surface area contributed by atoms with Crippen LogP contribution >= 0.6 is 0 Å². The number of rotatable bonds is 6. The Labute approximate surface area is 182 Å². The molecule has 1 saturated heterocycles. The quantitative estimate of drug-likeness (QED) is 0.761. The van der Waals surface area contributed by atoms with E-state index in [1.165, 1.54) is 0 Å². The van der Waals surface area contributed by atoms with Gasteiger partial charge < -0.3 is 24.8 Å². The Hall–Kier alpha value is -3.13. The van der Waals surface area contributed by atoms with Gasteiger partial charge in [-0.2, -0.15) is 0 Å². The molecule has 0 aliphatic carbocycles. The molecular formula is C23H29N5O3. The number of aromatic nitrogens is 1. The van der Waals surface area contributed by atoms with Gasteiger partial charge in [-0.05, 0) is 25.2 Å². The van der Waals surface area contributed by atoms with Gasteiger partial charge in [0.25, 0.3) is 0 Å². The van der Waals surface area contributed by atoms with Crippen LogP contribution in [0.3, 0.4) is 0 Å². The molecule has 0 bridgehead atoms. The van der Waals surface area contributed by atoms with Gasteiger partial charge in [0.05, 0.1) is 12.2 Å². The summed E-state index contributed by atoms with van der Waals surface area (Å²) in [6.45, 7) is 5.20. The van der Waals surface area contributed by atoms with Crippen molar-refractivity contribution in [3.63, 3.8) is 0 Å². The molecule has 1 aromatic carbocycles. The highest BCUT2D eigenvalue weighted by Crippen LogP contribution is 2.31. The molecule has 8 nitrogen and oxygen atoms in total. The second-order valence-corrected chi connectivity index (χ2v) is 7.91. The summed E-state index contributed by atoms with van der Waals surface area (Å²) in [5, 5.41) is 2.95. The first kappa shape index (κ1) is 21.1. The van der Waals surface area contributed by atoms with Crippen molar-refractivity contribution >= 4 is 23.3 Å². The van der Waals surface area contributed by atoms with Crippen molar-refractivity contribution in [3.8, 4) is 5.75 Å². The van der Waals surface area contributed by atoms with Gasteiger partial charge in [0.2, 0.25) is 11.8 Å². The van der Waals surface area contributed by atoms with E-state index < -0.39 is 0 Å². The number of likely N-dealkylation sites (N-methyl/N-ethyl adjacent to an activating group) is 1. The van der Waals surface area contributed by atoms with Gasteiger partial charge >= 0.3 is 0 Å². The van der Waals surface area contributed by atoms with Crippen molar-refractivity contribution in [1.29, 1.82) is 0 Å². The van der Waals surface area contributed by atoms with Crippen molar-refractivity contribution in [3.05, 3.63) is 48.2 Å². The lowest BCUT2D eigenvalue weighted by Crippen LogP contribution is -2.45. The fraction of sp³-hybridized carbons (Fsp3) is 0.435. The molecule has 3 heterocycles. The molecule has 8 heteroatoms. The van der Waals surface area contributed by atoms with E-state index in [0.29, 0.717) is 25.4 Å².